The SMILES string of the molecule is CCc1cccc(CC)c1NC(=O)COC(=O)CCN1C(=O)C2C3CCC(C3)C2C1=O. The van der Waals surface area contributed by atoms with Crippen LogP contribution in [0.4, 0.5) is 5.69 Å². The lowest BCUT2D eigenvalue weighted by Crippen LogP contribution is -2.35. The number of imide groups is 1. The van der Waals surface area contributed by atoms with Crippen molar-refractivity contribution in [2.24, 2.45) is 23.7 Å². The Morgan fingerprint density at radius 2 is 1.61 bits per heavy atom. The van der Waals surface area contributed by atoms with Crippen LogP contribution in [-0.2, 0) is 36.8 Å². The molecule has 0 radical (unpaired) electrons. The Labute approximate surface area is 182 Å². The van der Waals surface area contributed by atoms with Crippen molar-refractivity contribution in [3.8, 4) is 0 Å². The summed E-state index contributed by atoms with van der Waals surface area (Å²) in [5.41, 5.74) is 2.84. The number of fused-ring (bicyclic) bond motifs is 5. The monoisotopic (exact) mass is 426 g/mol. The zero-order valence-corrected chi connectivity index (χ0v) is 18.2. The Morgan fingerprint density at radius 1 is 1.03 bits per heavy atom. The second-order valence-electron chi connectivity index (χ2n) is 8.83. The molecule has 3 amide bonds. The number of hydrogen-bond donors (Lipinski definition) is 1. The first kappa shape index (κ1) is 21.5. The van der Waals surface area contributed by atoms with E-state index in [4.69, 9.17) is 4.74 Å². The van der Waals surface area contributed by atoms with E-state index in [-0.39, 0.29) is 36.6 Å². The Hall–Kier alpha value is -2.70. The smallest absolute Gasteiger partial charge is 0.308 e. The third-order valence-electron chi connectivity index (χ3n) is 7.19. The van der Waals surface area contributed by atoms with Crippen molar-refractivity contribution >= 4 is 29.4 Å². The van der Waals surface area contributed by atoms with Crippen molar-refractivity contribution < 1.29 is 23.9 Å². The highest BCUT2D eigenvalue weighted by Crippen LogP contribution is 2.56. The van der Waals surface area contributed by atoms with Gasteiger partial charge in [0.2, 0.25) is 11.8 Å². The van der Waals surface area contributed by atoms with Crippen LogP contribution in [0.2, 0.25) is 0 Å². The highest BCUT2D eigenvalue weighted by Gasteiger charge is 2.60. The summed E-state index contributed by atoms with van der Waals surface area (Å²) in [7, 11) is 0. The van der Waals surface area contributed by atoms with Gasteiger partial charge in [-0.3, -0.25) is 24.1 Å². The van der Waals surface area contributed by atoms with E-state index in [2.05, 4.69) is 5.32 Å². The molecule has 1 N–H and O–H groups in total. The number of rotatable bonds is 8. The molecule has 2 aliphatic carbocycles. The van der Waals surface area contributed by atoms with Crippen LogP contribution in [-0.4, -0.2) is 41.7 Å². The maximum absolute atomic E-state index is 12.7. The van der Waals surface area contributed by atoms with E-state index < -0.39 is 18.5 Å². The van der Waals surface area contributed by atoms with E-state index in [1.54, 1.807) is 0 Å². The molecule has 4 atom stereocenters. The molecule has 3 fully saturated rings. The van der Waals surface area contributed by atoms with Crippen LogP contribution in [0.5, 0.6) is 0 Å². The van der Waals surface area contributed by atoms with Crippen LogP contribution in [0.3, 0.4) is 0 Å². The fraction of sp³-hybridized carbons (Fsp3) is 0.583. The second kappa shape index (κ2) is 8.81. The van der Waals surface area contributed by atoms with Gasteiger partial charge >= 0.3 is 5.97 Å². The number of anilines is 1. The lowest BCUT2D eigenvalue weighted by Gasteiger charge is -2.19. The first-order chi connectivity index (χ1) is 14.9. The lowest BCUT2D eigenvalue weighted by molar-refractivity contribution is -0.149. The summed E-state index contributed by atoms with van der Waals surface area (Å²) in [6.07, 6.45) is 4.51. The maximum atomic E-state index is 12.7. The Balaban J connectivity index is 1.26. The Bertz CT molecular complexity index is 861. The average Bonchev–Trinajstić information content (AvgIpc) is 3.45. The number of amides is 3. The molecule has 2 saturated carbocycles. The third kappa shape index (κ3) is 3.98. The third-order valence-corrected chi connectivity index (χ3v) is 7.19. The van der Waals surface area contributed by atoms with Gasteiger partial charge in [0, 0.05) is 12.2 Å². The number of carbonyl (C=O) groups is 4. The standard InChI is InChI=1S/C24H30N2O5/c1-3-14-6-5-7-15(4-2)22(14)25-18(27)13-31-19(28)10-11-26-23(29)20-16-8-9-17(12-16)21(20)24(26)30/h5-7,16-17,20-21H,3-4,8-13H2,1-2H3,(H,25,27). The zero-order chi connectivity index (χ0) is 22.1. The van der Waals surface area contributed by atoms with Crippen LogP contribution < -0.4 is 5.32 Å². The number of nitrogens with one attached hydrogen (secondary N) is 1. The number of nitrogens with zero attached hydrogens (tertiary/aromatic N) is 1. The minimum atomic E-state index is -0.588. The molecule has 0 spiro atoms. The van der Waals surface area contributed by atoms with E-state index in [1.165, 1.54) is 4.90 Å². The van der Waals surface area contributed by atoms with Crippen molar-refractivity contribution in [1.82, 2.24) is 4.90 Å². The molecule has 1 saturated heterocycles. The van der Waals surface area contributed by atoms with Gasteiger partial charge in [-0.1, -0.05) is 32.0 Å². The summed E-state index contributed by atoms with van der Waals surface area (Å²) >= 11 is 0. The van der Waals surface area contributed by atoms with Crippen molar-refractivity contribution in [2.45, 2.75) is 52.4 Å². The molecule has 31 heavy (non-hydrogen) atoms. The average molecular weight is 427 g/mol. The van der Waals surface area contributed by atoms with Crippen LogP contribution in [0, 0.1) is 23.7 Å². The van der Waals surface area contributed by atoms with Crippen molar-refractivity contribution in [3.63, 3.8) is 0 Å². The molecule has 3 aliphatic rings. The van der Waals surface area contributed by atoms with E-state index >= 15 is 0 Å². The number of hydrogen-bond acceptors (Lipinski definition) is 5. The second-order valence-corrected chi connectivity index (χ2v) is 8.83. The van der Waals surface area contributed by atoms with Crippen LogP contribution in [0.1, 0.15) is 50.7 Å². The van der Waals surface area contributed by atoms with Gasteiger partial charge in [0.25, 0.3) is 5.91 Å². The Morgan fingerprint density at radius 3 is 2.16 bits per heavy atom. The molecule has 4 unspecified atom stereocenters. The first-order valence-corrected chi connectivity index (χ1v) is 11.4. The molecule has 1 aromatic carbocycles. The number of carbonyl (C=O) groups excluding carboxylic acids is 4. The highest BCUT2D eigenvalue weighted by molar-refractivity contribution is 6.06. The van der Waals surface area contributed by atoms with Gasteiger partial charge in [0.05, 0.1) is 18.3 Å². The summed E-state index contributed by atoms with van der Waals surface area (Å²) in [5, 5.41) is 2.86. The number of ether oxygens (including phenoxy) is 1. The van der Waals surface area contributed by atoms with E-state index in [0.717, 1.165) is 48.9 Å². The minimum absolute atomic E-state index is 0.0310. The predicted octanol–water partition coefficient (Wildman–Crippen LogP) is 2.71. The molecule has 1 heterocycles. The predicted molar refractivity (Wildman–Crippen MR) is 114 cm³/mol. The van der Waals surface area contributed by atoms with Crippen molar-refractivity contribution in [2.75, 3.05) is 18.5 Å². The van der Waals surface area contributed by atoms with Crippen LogP contribution in [0.15, 0.2) is 18.2 Å². The van der Waals surface area contributed by atoms with Gasteiger partial charge < -0.3 is 10.1 Å². The summed E-state index contributed by atoms with van der Waals surface area (Å²) in [6, 6.07) is 5.90. The molecular weight excluding hydrogens is 396 g/mol. The lowest BCUT2D eigenvalue weighted by atomic mass is 9.81. The minimum Gasteiger partial charge on any atom is -0.456 e. The van der Waals surface area contributed by atoms with Gasteiger partial charge in [0.1, 0.15) is 0 Å². The fourth-order valence-electron chi connectivity index (χ4n) is 5.69. The van der Waals surface area contributed by atoms with Crippen molar-refractivity contribution in [1.29, 1.82) is 0 Å². The zero-order valence-electron chi connectivity index (χ0n) is 18.2. The molecule has 7 nitrogen and oxygen atoms in total. The normalized spacial score (nSPS) is 26.3. The quantitative estimate of drug-likeness (QED) is 0.510. The number of aryl methyl sites for hydroxylation is 2. The number of esters is 1. The van der Waals surface area contributed by atoms with Crippen molar-refractivity contribution in [3.05, 3.63) is 29.3 Å². The van der Waals surface area contributed by atoms with Crippen LogP contribution in [0.25, 0.3) is 0 Å². The van der Waals surface area contributed by atoms with E-state index in [0.29, 0.717) is 11.8 Å². The van der Waals surface area contributed by atoms with Crippen LogP contribution >= 0.6 is 0 Å². The molecule has 1 aliphatic heterocycles. The van der Waals surface area contributed by atoms with E-state index in [9.17, 15) is 19.2 Å². The van der Waals surface area contributed by atoms with Gasteiger partial charge in [-0.2, -0.15) is 0 Å². The highest BCUT2D eigenvalue weighted by atomic mass is 16.5. The van der Waals surface area contributed by atoms with E-state index in [1.807, 2.05) is 32.0 Å². The maximum Gasteiger partial charge on any atom is 0.308 e. The largest absolute Gasteiger partial charge is 0.456 e. The summed E-state index contributed by atoms with van der Waals surface area (Å²) in [6.45, 7) is 3.68. The topological polar surface area (TPSA) is 92.8 Å². The summed E-state index contributed by atoms with van der Waals surface area (Å²) in [5.74, 6) is -0.957. The molecule has 1 aromatic rings. The Kier molecular flexibility index (Phi) is 6.12. The summed E-state index contributed by atoms with van der Waals surface area (Å²) in [4.78, 5) is 51.1. The molecule has 166 valence electrons. The first-order valence-electron chi connectivity index (χ1n) is 11.4. The molecule has 4 rings (SSSR count). The number of benzene rings is 1. The van der Waals surface area contributed by atoms with Gasteiger partial charge in [-0.05, 0) is 55.1 Å². The summed E-state index contributed by atoms with van der Waals surface area (Å²) < 4.78 is 5.10. The molecular formula is C24H30N2O5. The van der Waals surface area contributed by atoms with Gasteiger partial charge in [0.15, 0.2) is 6.61 Å². The molecule has 0 aromatic heterocycles. The fourth-order valence-corrected chi connectivity index (χ4v) is 5.69. The van der Waals surface area contributed by atoms with Gasteiger partial charge in [-0.25, -0.2) is 0 Å². The number of likely N-dealkylation sites (tertiary alicyclic amines) is 1. The molecule has 7 heteroatoms. The van der Waals surface area contributed by atoms with Gasteiger partial charge in [-0.15, -0.1) is 0 Å². The molecule has 2 bridgehead atoms. The number of para-hydroxylation sites is 1.